The number of rotatable bonds is 7. The lowest BCUT2D eigenvalue weighted by Crippen LogP contribution is -2.46. The van der Waals surface area contributed by atoms with Crippen LogP contribution in [-0.4, -0.2) is 44.6 Å². The molecule has 11 heteroatoms. The molecule has 0 aliphatic carbocycles. The Hall–Kier alpha value is -2.59. The molecule has 1 aliphatic rings. The minimum absolute atomic E-state index is 0.0791. The zero-order valence-electron chi connectivity index (χ0n) is 16.2. The van der Waals surface area contributed by atoms with Crippen molar-refractivity contribution in [2.24, 2.45) is 0 Å². The molecule has 2 heterocycles. The highest BCUT2D eigenvalue weighted by Crippen LogP contribution is 2.31. The molecule has 2 N–H and O–H groups in total. The number of carbonyl (C=O) groups excluding carboxylic acids is 2. The van der Waals surface area contributed by atoms with Gasteiger partial charge < -0.3 is 15.4 Å². The number of aromatic nitrogens is 4. The minimum atomic E-state index is -0.656. The maximum atomic E-state index is 12.8. The van der Waals surface area contributed by atoms with Gasteiger partial charge in [-0.25, -0.2) is 14.3 Å². The zero-order valence-corrected chi connectivity index (χ0v) is 17.8. The number of esters is 1. The topological polar surface area (TPSA) is 111 Å². The summed E-state index contributed by atoms with van der Waals surface area (Å²) in [5.74, 6) is -0.210. The van der Waals surface area contributed by atoms with Crippen molar-refractivity contribution in [2.45, 2.75) is 38.0 Å². The average molecular weight is 437 g/mol. The van der Waals surface area contributed by atoms with E-state index in [-0.39, 0.29) is 12.6 Å². The zero-order chi connectivity index (χ0) is 21.0. The van der Waals surface area contributed by atoms with Gasteiger partial charge in [0, 0.05) is 16.5 Å². The van der Waals surface area contributed by atoms with Crippen molar-refractivity contribution in [2.75, 3.05) is 12.4 Å². The molecule has 1 atom stereocenters. The minimum Gasteiger partial charge on any atom is -0.463 e. The molecule has 0 spiro atoms. The first-order valence-corrected chi connectivity index (χ1v) is 10.4. The van der Waals surface area contributed by atoms with Gasteiger partial charge in [0.15, 0.2) is 0 Å². The Morgan fingerprint density at radius 2 is 2.07 bits per heavy atom. The molecule has 0 fully saturated rings. The van der Waals surface area contributed by atoms with Gasteiger partial charge in [0.25, 0.3) is 0 Å². The van der Waals surface area contributed by atoms with Crippen LogP contribution < -0.4 is 10.6 Å². The van der Waals surface area contributed by atoms with Crippen LogP contribution in [0.3, 0.4) is 0 Å². The van der Waals surface area contributed by atoms with Crippen LogP contribution in [0.1, 0.15) is 38.4 Å². The van der Waals surface area contributed by atoms with Crippen LogP contribution in [0.5, 0.6) is 0 Å². The number of urea groups is 1. The van der Waals surface area contributed by atoms with Crippen molar-refractivity contribution in [3.8, 4) is 0 Å². The third-order valence-electron chi connectivity index (χ3n) is 4.15. The number of nitrogens with zero attached hydrogens (tertiary/aromatic N) is 4. The number of ether oxygens (including phenoxy) is 1. The quantitative estimate of drug-likeness (QED) is 0.507. The molecule has 1 aromatic heterocycles. The second kappa shape index (κ2) is 9.27. The van der Waals surface area contributed by atoms with E-state index in [1.807, 2.05) is 13.8 Å². The van der Waals surface area contributed by atoms with Gasteiger partial charge in [0.2, 0.25) is 5.16 Å². The molecule has 0 saturated carbocycles. The van der Waals surface area contributed by atoms with E-state index in [9.17, 15) is 9.59 Å². The van der Waals surface area contributed by atoms with Crippen molar-refractivity contribution in [3.05, 3.63) is 46.1 Å². The number of tetrazole rings is 1. The van der Waals surface area contributed by atoms with Gasteiger partial charge in [-0.05, 0) is 48.9 Å². The SMILES string of the molecule is CCOC(=O)C1=C(CSc2nnnn2C(C)C)NC(=O)N[C@@H]1c1ccc(Cl)cc1. The van der Waals surface area contributed by atoms with E-state index in [1.165, 1.54) is 11.8 Å². The molecule has 0 unspecified atom stereocenters. The van der Waals surface area contributed by atoms with E-state index >= 15 is 0 Å². The van der Waals surface area contributed by atoms with Crippen LogP contribution in [0, 0.1) is 0 Å². The number of halogens is 1. The van der Waals surface area contributed by atoms with E-state index in [4.69, 9.17) is 16.3 Å². The average Bonchev–Trinajstić information content (AvgIpc) is 3.15. The Balaban J connectivity index is 1.96. The highest BCUT2D eigenvalue weighted by Gasteiger charge is 2.34. The Morgan fingerprint density at radius 1 is 1.34 bits per heavy atom. The summed E-state index contributed by atoms with van der Waals surface area (Å²) in [6.45, 7) is 5.88. The van der Waals surface area contributed by atoms with Crippen LogP contribution in [0.4, 0.5) is 4.79 Å². The van der Waals surface area contributed by atoms with Crippen LogP contribution in [0.15, 0.2) is 40.7 Å². The molecule has 1 aromatic carbocycles. The predicted octanol–water partition coefficient (Wildman–Crippen LogP) is 2.87. The van der Waals surface area contributed by atoms with E-state index in [1.54, 1.807) is 35.9 Å². The number of carbonyl (C=O) groups is 2. The fourth-order valence-electron chi connectivity index (χ4n) is 2.83. The summed E-state index contributed by atoms with van der Waals surface area (Å²) in [6, 6.07) is 5.96. The van der Waals surface area contributed by atoms with E-state index in [2.05, 4.69) is 26.2 Å². The summed E-state index contributed by atoms with van der Waals surface area (Å²) in [6.07, 6.45) is 0. The largest absolute Gasteiger partial charge is 0.463 e. The molecule has 2 aromatic rings. The molecular formula is C18H21ClN6O3S. The molecular weight excluding hydrogens is 416 g/mol. The monoisotopic (exact) mass is 436 g/mol. The van der Waals surface area contributed by atoms with Crippen molar-refractivity contribution >= 4 is 35.4 Å². The van der Waals surface area contributed by atoms with Gasteiger partial charge in [-0.15, -0.1) is 5.10 Å². The number of amides is 2. The molecule has 3 rings (SSSR count). The van der Waals surface area contributed by atoms with Gasteiger partial charge in [0.05, 0.1) is 24.3 Å². The van der Waals surface area contributed by atoms with Gasteiger partial charge >= 0.3 is 12.0 Å². The number of nitrogens with one attached hydrogen (secondary N) is 2. The van der Waals surface area contributed by atoms with Crippen LogP contribution in [-0.2, 0) is 9.53 Å². The normalized spacial score (nSPS) is 16.6. The van der Waals surface area contributed by atoms with E-state index in [0.717, 1.165) is 5.56 Å². The van der Waals surface area contributed by atoms with Crippen molar-refractivity contribution in [3.63, 3.8) is 0 Å². The fraction of sp³-hybridized carbons (Fsp3) is 0.389. The smallest absolute Gasteiger partial charge is 0.338 e. The van der Waals surface area contributed by atoms with Gasteiger partial charge in [-0.2, -0.15) is 0 Å². The Kier molecular flexibility index (Phi) is 6.75. The molecule has 154 valence electrons. The van der Waals surface area contributed by atoms with Gasteiger partial charge in [-0.1, -0.05) is 35.5 Å². The summed E-state index contributed by atoms with van der Waals surface area (Å²) < 4.78 is 6.93. The molecule has 0 radical (unpaired) electrons. The second-order valence-electron chi connectivity index (χ2n) is 6.48. The molecule has 2 amide bonds. The molecule has 9 nitrogen and oxygen atoms in total. The Labute approximate surface area is 177 Å². The summed E-state index contributed by atoms with van der Waals surface area (Å²) in [7, 11) is 0. The third kappa shape index (κ3) is 4.88. The highest BCUT2D eigenvalue weighted by molar-refractivity contribution is 7.99. The first-order chi connectivity index (χ1) is 13.9. The maximum absolute atomic E-state index is 12.8. The fourth-order valence-corrected chi connectivity index (χ4v) is 3.93. The van der Waals surface area contributed by atoms with Crippen molar-refractivity contribution in [1.29, 1.82) is 0 Å². The first kappa shape index (κ1) is 21.1. The Bertz CT molecular complexity index is 928. The number of hydrogen-bond acceptors (Lipinski definition) is 7. The van der Waals surface area contributed by atoms with Gasteiger partial charge in [-0.3, -0.25) is 0 Å². The first-order valence-electron chi connectivity index (χ1n) is 9.04. The molecule has 1 aliphatic heterocycles. The van der Waals surface area contributed by atoms with Crippen molar-refractivity contribution < 1.29 is 14.3 Å². The Morgan fingerprint density at radius 3 is 2.72 bits per heavy atom. The number of hydrogen-bond donors (Lipinski definition) is 2. The van der Waals surface area contributed by atoms with Crippen LogP contribution in [0.25, 0.3) is 0 Å². The predicted molar refractivity (Wildman–Crippen MR) is 108 cm³/mol. The summed E-state index contributed by atoms with van der Waals surface area (Å²) in [5.41, 5.74) is 1.52. The summed E-state index contributed by atoms with van der Waals surface area (Å²) >= 11 is 7.30. The lowest BCUT2D eigenvalue weighted by molar-refractivity contribution is -0.139. The lowest BCUT2D eigenvalue weighted by atomic mass is 9.95. The third-order valence-corrected chi connectivity index (χ3v) is 5.36. The van der Waals surface area contributed by atoms with E-state index in [0.29, 0.717) is 27.2 Å². The molecule has 0 bridgehead atoms. The van der Waals surface area contributed by atoms with Crippen LogP contribution >= 0.6 is 23.4 Å². The standard InChI is InChI=1S/C18H21ClN6O3S/c1-4-28-16(26)14-13(9-29-18-22-23-24-25(18)10(2)3)20-17(27)21-15(14)11-5-7-12(19)8-6-11/h5-8,10,15H,4,9H2,1-3H3,(H2,20,21,27)/t15-/m1/s1. The van der Waals surface area contributed by atoms with Gasteiger partial charge in [0.1, 0.15) is 0 Å². The molecule has 0 saturated heterocycles. The molecule has 29 heavy (non-hydrogen) atoms. The lowest BCUT2D eigenvalue weighted by Gasteiger charge is -2.29. The number of benzene rings is 1. The highest BCUT2D eigenvalue weighted by atomic mass is 35.5. The summed E-state index contributed by atoms with van der Waals surface area (Å²) in [4.78, 5) is 25.0. The van der Waals surface area contributed by atoms with E-state index < -0.39 is 18.0 Å². The van der Waals surface area contributed by atoms with Crippen LogP contribution in [0.2, 0.25) is 5.02 Å². The second-order valence-corrected chi connectivity index (χ2v) is 7.86. The maximum Gasteiger partial charge on any atom is 0.338 e. The number of thioether (sulfide) groups is 1. The van der Waals surface area contributed by atoms with Crippen molar-refractivity contribution in [1.82, 2.24) is 30.8 Å². The summed E-state index contributed by atoms with van der Waals surface area (Å²) in [5, 5.41) is 18.4.